The van der Waals surface area contributed by atoms with E-state index in [9.17, 15) is 9.59 Å². The van der Waals surface area contributed by atoms with Gasteiger partial charge in [0.1, 0.15) is 11.8 Å². The average Bonchev–Trinajstić information content (AvgIpc) is 3.01. The summed E-state index contributed by atoms with van der Waals surface area (Å²) in [5, 5.41) is 7.22. The van der Waals surface area contributed by atoms with Crippen molar-refractivity contribution in [1.29, 1.82) is 0 Å². The molecule has 1 unspecified atom stereocenters. The van der Waals surface area contributed by atoms with Crippen LogP contribution in [0.5, 0.6) is 0 Å². The number of hydrogen-bond acceptors (Lipinski definition) is 4. The molecule has 6 heteroatoms. The number of nitrogens with one attached hydrogen (secondary N) is 2. The van der Waals surface area contributed by atoms with Gasteiger partial charge in [-0.1, -0.05) is 25.1 Å². The zero-order valence-electron chi connectivity index (χ0n) is 14.6. The van der Waals surface area contributed by atoms with Crippen molar-refractivity contribution in [3.8, 4) is 0 Å². The fraction of sp³-hybridized carbons (Fsp3) is 0.474. The molecule has 0 radical (unpaired) electrons. The van der Waals surface area contributed by atoms with Crippen LogP contribution in [-0.2, 0) is 4.79 Å². The van der Waals surface area contributed by atoms with Crippen LogP contribution < -0.4 is 10.6 Å². The normalized spacial score (nSPS) is 16.9. The number of carbonyl (C=O) groups excluding carboxylic acids is 2. The van der Waals surface area contributed by atoms with Gasteiger partial charge in [0.15, 0.2) is 0 Å². The second kappa shape index (κ2) is 7.52. The van der Waals surface area contributed by atoms with E-state index in [1.165, 1.54) is 6.26 Å². The first-order valence-electron chi connectivity index (χ1n) is 8.61. The highest BCUT2D eigenvalue weighted by Crippen LogP contribution is 2.32. The van der Waals surface area contributed by atoms with Crippen LogP contribution in [0.4, 0.5) is 0 Å². The molecule has 1 heterocycles. The first kappa shape index (κ1) is 17.9. The highest BCUT2D eigenvalue weighted by molar-refractivity contribution is 7.99. The topological polar surface area (TPSA) is 71.3 Å². The number of carbonyl (C=O) groups is 2. The largest absolute Gasteiger partial charge is 0.463 e. The Morgan fingerprint density at radius 3 is 2.76 bits per heavy atom. The Kier molecular flexibility index (Phi) is 5.37. The third kappa shape index (κ3) is 4.00. The molecule has 0 bridgehead atoms. The summed E-state index contributed by atoms with van der Waals surface area (Å²) >= 11 is 1.68. The van der Waals surface area contributed by atoms with Crippen molar-refractivity contribution in [3.63, 3.8) is 0 Å². The summed E-state index contributed by atoms with van der Waals surface area (Å²) in [5.41, 5.74) is 0.909. The molecule has 0 aliphatic heterocycles. The molecule has 3 rings (SSSR count). The Morgan fingerprint density at radius 2 is 2.08 bits per heavy atom. The van der Waals surface area contributed by atoms with Gasteiger partial charge in [-0.25, -0.2) is 0 Å². The van der Waals surface area contributed by atoms with Gasteiger partial charge in [-0.3, -0.25) is 9.59 Å². The Hall–Kier alpha value is -1.95. The summed E-state index contributed by atoms with van der Waals surface area (Å²) in [6, 6.07) is 7.50. The van der Waals surface area contributed by atoms with Gasteiger partial charge in [0.05, 0.1) is 11.1 Å². The minimum Gasteiger partial charge on any atom is -0.463 e. The fourth-order valence-corrected chi connectivity index (χ4v) is 3.41. The van der Waals surface area contributed by atoms with E-state index >= 15 is 0 Å². The molecule has 1 aromatic carbocycles. The number of hydrogen-bond donors (Lipinski definition) is 2. The fourth-order valence-electron chi connectivity index (χ4n) is 3.10. The molecule has 2 aromatic rings. The van der Waals surface area contributed by atoms with E-state index in [0.717, 1.165) is 24.6 Å². The maximum atomic E-state index is 12.7. The third-order valence-corrected chi connectivity index (χ3v) is 5.89. The van der Waals surface area contributed by atoms with Crippen LogP contribution >= 0.6 is 11.8 Å². The van der Waals surface area contributed by atoms with Gasteiger partial charge in [0.2, 0.25) is 5.91 Å². The second-order valence-corrected chi connectivity index (χ2v) is 8.04. The number of benzene rings is 1. The van der Waals surface area contributed by atoms with Gasteiger partial charge in [0, 0.05) is 23.6 Å². The molecule has 25 heavy (non-hydrogen) atoms. The van der Waals surface area contributed by atoms with E-state index < -0.39 is 0 Å². The predicted molar refractivity (Wildman–Crippen MR) is 101 cm³/mol. The van der Waals surface area contributed by atoms with E-state index in [1.54, 1.807) is 11.8 Å². The third-order valence-electron chi connectivity index (χ3n) is 4.91. The summed E-state index contributed by atoms with van der Waals surface area (Å²) in [4.78, 5) is 24.7. The zero-order chi connectivity index (χ0) is 17.9. The molecule has 1 aliphatic carbocycles. The van der Waals surface area contributed by atoms with Crippen LogP contribution in [0.1, 0.15) is 43.0 Å². The quantitative estimate of drug-likeness (QED) is 0.794. The molecule has 134 valence electrons. The Bertz CT molecular complexity index is 767. The Balaban J connectivity index is 1.63. The number of para-hydroxylation sites is 1. The highest BCUT2D eigenvalue weighted by Gasteiger charge is 2.39. The lowest BCUT2D eigenvalue weighted by Crippen LogP contribution is -2.59. The van der Waals surface area contributed by atoms with Crippen molar-refractivity contribution >= 4 is 34.5 Å². The molecular weight excluding hydrogens is 336 g/mol. The zero-order valence-corrected chi connectivity index (χ0v) is 15.4. The van der Waals surface area contributed by atoms with Gasteiger partial charge < -0.3 is 15.1 Å². The Labute approximate surface area is 151 Å². The van der Waals surface area contributed by atoms with Crippen molar-refractivity contribution in [1.82, 2.24) is 10.6 Å². The molecule has 5 nitrogen and oxygen atoms in total. The minimum absolute atomic E-state index is 0.0381. The van der Waals surface area contributed by atoms with E-state index in [2.05, 4.69) is 10.6 Å². The first-order chi connectivity index (χ1) is 12.0. The van der Waals surface area contributed by atoms with Crippen LogP contribution in [0.3, 0.4) is 0 Å². The number of amides is 2. The summed E-state index contributed by atoms with van der Waals surface area (Å²) < 4.78 is 5.46. The molecule has 1 atom stereocenters. The monoisotopic (exact) mass is 360 g/mol. The van der Waals surface area contributed by atoms with E-state index in [1.807, 2.05) is 37.4 Å². The number of furan rings is 1. The molecule has 1 saturated carbocycles. The molecule has 2 amide bonds. The summed E-state index contributed by atoms with van der Waals surface area (Å²) in [5.74, 6) is -0.104. The first-order valence-corrected chi connectivity index (χ1v) is 9.90. The molecular formula is C19H24N2O3S. The highest BCUT2D eigenvalue weighted by atomic mass is 32.2. The summed E-state index contributed by atoms with van der Waals surface area (Å²) in [7, 11) is 0. The van der Waals surface area contributed by atoms with Crippen molar-refractivity contribution < 1.29 is 14.0 Å². The lowest BCUT2D eigenvalue weighted by Gasteiger charge is -2.42. The van der Waals surface area contributed by atoms with Crippen LogP contribution in [-0.4, -0.2) is 35.4 Å². The van der Waals surface area contributed by atoms with Crippen molar-refractivity contribution in [2.24, 2.45) is 0 Å². The SMILES string of the molecule is CSC(C)CC(=O)NCC1(NC(=O)c2coc3ccccc23)CCC1. The summed E-state index contributed by atoms with van der Waals surface area (Å²) in [6.07, 6.45) is 6.83. The van der Waals surface area contributed by atoms with Crippen molar-refractivity contribution in [2.75, 3.05) is 12.8 Å². The standard InChI is InChI=1S/C19H24N2O3S/c1-13(25-2)10-17(22)20-12-19(8-5-9-19)21-18(23)15-11-24-16-7-4-3-6-14(15)16/h3-4,6-7,11,13H,5,8-10,12H2,1-2H3,(H,20,22)(H,21,23). The molecule has 2 N–H and O–H groups in total. The van der Waals surface area contributed by atoms with Gasteiger partial charge in [-0.15, -0.1) is 0 Å². The van der Waals surface area contributed by atoms with Gasteiger partial charge in [-0.05, 0) is 31.6 Å². The van der Waals surface area contributed by atoms with E-state index in [-0.39, 0.29) is 17.4 Å². The maximum absolute atomic E-state index is 12.7. The van der Waals surface area contributed by atoms with E-state index in [4.69, 9.17) is 4.42 Å². The lowest BCUT2D eigenvalue weighted by atomic mass is 9.76. The predicted octanol–water partition coefficient (Wildman–Crippen LogP) is 3.34. The van der Waals surface area contributed by atoms with Crippen molar-refractivity contribution in [3.05, 3.63) is 36.1 Å². The van der Waals surface area contributed by atoms with Crippen LogP contribution in [0, 0.1) is 0 Å². The second-order valence-electron chi connectivity index (χ2n) is 6.76. The number of rotatable bonds is 7. The number of fused-ring (bicyclic) bond motifs is 1. The molecule has 0 saturated heterocycles. The average molecular weight is 360 g/mol. The van der Waals surface area contributed by atoms with Crippen LogP contribution in [0.15, 0.2) is 34.9 Å². The van der Waals surface area contributed by atoms with Crippen LogP contribution in [0.2, 0.25) is 0 Å². The molecule has 1 fully saturated rings. The maximum Gasteiger partial charge on any atom is 0.255 e. The van der Waals surface area contributed by atoms with Gasteiger partial charge in [-0.2, -0.15) is 11.8 Å². The number of thioether (sulfide) groups is 1. The van der Waals surface area contributed by atoms with E-state index in [0.29, 0.717) is 29.4 Å². The molecule has 1 aromatic heterocycles. The smallest absolute Gasteiger partial charge is 0.255 e. The molecule has 1 aliphatic rings. The summed E-state index contributed by atoms with van der Waals surface area (Å²) in [6.45, 7) is 2.52. The lowest BCUT2D eigenvalue weighted by molar-refractivity contribution is -0.121. The Morgan fingerprint density at radius 1 is 1.32 bits per heavy atom. The van der Waals surface area contributed by atoms with Gasteiger partial charge >= 0.3 is 0 Å². The molecule has 0 spiro atoms. The van der Waals surface area contributed by atoms with Crippen LogP contribution in [0.25, 0.3) is 11.0 Å². The minimum atomic E-state index is -0.340. The van der Waals surface area contributed by atoms with Gasteiger partial charge in [0.25, 0.3) is 5.91 Å². The van der Waals surface area contributed by atoms with Crippen molar-refractivity contribution in [2.45, 2.75) is 43.4 Å².